The van der Waals surface area contributed by atoms with Gasteiger partial charge in [0.15, 0.2) is 0 Å². The first-order valence-electron chi connectivity index (χ1n) is 18.7. The molecule has 12 N–H and O–H groups in total. The van der Waals surface area contributed by atoms with Crippen LogP contribution in [-0.4, -0.2) is 136 Å². The summed E-state index contributed by atoms with van der Waals surface area (Å²) in [5.74, 6) is -0.929. The lowest BCUT2D eigenvalue weighted by Crippen LogP contribution is -2.60. The first-order chi connectivity index (χ1) is 29.6. The largest absolute Gasteiger partial charge is 0.508 e. The highest BCUT2D eigenvalue weighted by molar-refractivity contribution is 5.89. The normalized spacial score (nSPS) is 26.1. The number of rotatable bonds is 8. The fraction of sp³-hybridized carbons (Fsp3) is 0.286. The third kappa shape index (κ3) is 8.60. The zero-order valence-electron chi connectivity index (χ0n) is 31.9. The maximum Gasteiger partial charge on any atom is 0.229 e. The summed E-state index contributed by atoms with van der Waals surface area (Å²) in [5, 5.41) is 118. The second kappa shape index (κ2) is 18.0. The Morgan fingerprint density at radius 1 is 0.484 bits per heavy atom. The Balaban J connectivity index is 0.000000186. The molecular formula is C42H40O20. The Bertz CT molecular complexity index is 2460. The average Bonchev–Trinajstić information content (AvgIpc) is 3.25. The molecule has 20 heteroatoms. The molecule has 2 fully saturated rings. The molecule has 4 aromatic carbocycles. The summed E-state index contributed by atoms with van der Waals surface area (Å²) in [4.78, 5) is 25.7. The van der Waals surface area contributed by atoms with E-state index in [1.807, 2.05) is 0 Å². The molecule has 0 saturated carbocycles. The molecule has 0 amide bonds. The van der Waals surface area contributed by atoms with Gasteiger partial charge in [-0.05, 0) is 35.4 Å². The van der Waals surface area contributed by atoms with Crippen molar-refractivity contribution in [2.75, 3.05) is 13.2 Å². The number of ether oxygens (including phenoxy) is 4. The Kier molecular flexibility index (Phi) is 12.7. The molecule has 2 aromatic heterocycles. The molecule has 0 aliphatic carbocycles. The molecule has 20 nitrogen and oxygen atoms in total. The predicted molar refractivity (Wildman–Crippen MR) is 211 cm³/mol. The van der Waals surface area contributed by atoms with Crippen molar-refractivity contribution < 1.29 is 89.1 Å². The van der Waals surface area contributed by atoms with Crippen molar-refractivity contribution in [2.45, 2.75) is 61.4 Å². The minimum atomic E-state index is -1.64. The minimum Gasteiger partial charge on any atom is -0.508 e. The maximum atomic E-state index is 12.9. The van der Waals surface area contributed by atoms with Crippen LogP contribution in [0.2, 0.25) is 0 Å². The van der Waals surface area contributed by atoms with E-state index in [2.05, 4.69) is 0 Å². The first kappa shape index (κ1) is 43.8. The molecular weight excluding hydrogens is 824 g/mol. The Morgan fingerprint density at radius 2 is 0.839 bits per heavy atom. The van der Waals surface area contributed by atoms with Crippen molar-refractivity contribution in [1.82, 2.24) is 0 Å². The van der Waals surface area contributed by atoms with Crippen LogP contribution in [0.5, 0.6) is 34.5 Å². The van der Waals surface area contributed by atoms with E-state index in [0.29, 0.717) is 11.1 Å². The Hall–Kier alpha value is -6.30. The molecule has 62 heavy (non-hydrogen) atoms. The number of benzene rings is 4. The van der Waals surface area contributed by atoms with Gasteiger partial charge in [-0.25, -0.2) is 0 Å². The van der Waals surface area contributed by atoms with Crippen LogP contribution in [0.3, 0.4) is 0 Å². The van der Waals surface area contributed by atoms with Gasteiger partial charge in [-0.3, -0.25) is 9.59 Å². The van der Waals surface area contributed by atoms with Crippen LogP contribution in [0.25, 0.3) is 44.2 Å². The van der Waals surface area contributed by atoms with Crippen LogP contribution in [0.15, 0.2) is 104 Å². The monoisotopic (exact) mass is 864 g/mol. The highest BCUT2D eigenvalue weighted by Crippen LogP contribution is 2.35. The number of aliphatic hydroxyl groups excluding tert-OH is 8. The number of aliphatic hydroxyl groups is 8. The molecule has 0 bridgehead atoms. The SMILES string of the molecule is O=c1c(-c2ccc(O)cc2)coc2cc(O[C@@H]3O[C@H](CO)[C@@H](O)[C@H](O)[C@H]3O)cc(O)c12.O=c1c(-c2ccc(O)cc2)coc2cc(O[C@@H]3O[C@H](CO)[C@@H](O)[C@H](O)[C@H]3O)cc(O)c12. The van der Waals surface area contributed by atoms with Crippen LogP contribution in [0, 0.1) is 0 Å². The standard InChI is InChI=1S/2C21H20O10/c2*22-7-15-18(26)19(27)20(28)21(31-15)30-11-5-13(24)16-14(6-11)29-8-12(17(16)25)9-1-3-10(23)4-2-9/h2*1-6,8,15,18-24,26-28H,7H2/t2*15-,18-,19+,20-,21-/m11/s1. The quantitative estimate of drug-likeness (QED) is 0.0965. The highest BCUT2D eigenvalue weighted by atomic mass is 16.7. The van der Waals surface area contributed by atoms with E-state index in [0.717, 1.165) is 12.1 Å². The molecule has 0 spiro atoms. The van der Waals surface area contributed by atoms with Crippen molar-refractivity contribution in [3.05, 3.63) is 106 Å². The van der Waals surface area contributed by atoms with Crippen molar-refractivity contribution >= 4 is 21.9 Å². The summed E-state index contributed by atoms with van der Waals surface area (Å²) in [6.07, 6.45) is -12.5. The Labute approximate surface area is 347 Å². The minimum absolute atomic E-state index is 0.00730. The molecule has 6 aromatic rings. The third-order valence-corrected chi connectivity index (χ3v) is 10.2. The van der Waals surface area contributed by atoms with E-state index in [4.69, 9.17) is 27.8 Å². The van der Waals surface area contributed by atoms with Gasteiger partial charge in [-0.2, -0.15) is 0 Å². The molecule has 8 rings (SSSR count). The van der Waals surface area contributed by atoms with E-state index in [-0.39, 0.29) is 56.1 Å². The molecule has 2 aliphatic rings. The zero-order chi connectivity index (χ0) is 44.6. The number of aromatic hydroxyl groups is 4. The molecule has 328 valence electrons. The highest BCUT2D eigenvalue weighted by Gasteiger charge is 2.46. The molecule has 0 radical (unpaired) electrons. The summed E-state index contributed by atoms with van der Waals surface area (Å²) < 4.78 is 32.5. The number of fused-ring (bicyclic) bond motifs is 2. The van der Waals surface area contributed by atoms with Gasteiger partial charge in [0.1, 0.15) is 118 Å². The molecule has 2 saturated heterocycles. The van der Waals surface area contributed by atoms with Gasteiger partial charge >= 0.3 is 0 Å². The topological polar surface area (TPSA) is 340 Å². The maximum absolute atomic E-state index is 12.9. The lowest BCUT2D eigenvalue weighted by molar-refractivity contribution is -0.277. The van der Waals surface area contributed by atoms with Gasteiger partial charge in [-0.15, -0.1) is 0 Å². The van der Waals surface area contributed by atoms with Gasteiger partial charge in [0, 0.05) is 24.3 Å². The predicted octanol–water partition coefficient (Wildman–Crippen LogP) is 0.0998. The van der Waals surface area contributed by atoms with E-state index < -0.39 is 97.0 Å². The van der Waals surface area contributed by atoms with Crippen molar-refractivity contribution in [1.29, 1.82) is 0 Å². The summed E-state index contributed by atoms with van der Waals surface area (Å²) in [5.41, 5.74) is 0.270. The lowest BCUT2D eigenvalue weighted by Gasteiger charge is -2.39. The van der Waals surface area contributed by atoms with Crippen molar-refractivity contribution in [3.8, 4) is 56.8 Å². The molecule has 0 unspecified atom stereocenters. The van der Waals surface area contributed by atoms with Gasteiger partial charge in [0.25, 0.3) is 0 Å². The van der Waals surface area contributed by atoms with Crippen molar-refractivity contribution in [2.24, 2.45) is 0 Å². The summed E-state index contributed by atoms with van der Waals surface area (Å²) in [6.45, 7) is -1.24. The fourth-order valence-electron chi connectivity index (χ4n) is 6.83. The van der Waals surface area contributed by atoms with Crippen LogP contribution < -0.4 is 20.3 Å². The van der Waals surface area contributed by atoms with E-state index in [9.17, 15) is 70.9 Å². The Morgan fingerprint density at radius 3 is 1.18 bits per heavy atom. The summed E-state index contributed by atoms with van der Waals surface area (Å²) in [6, 6.07) is 16.6. The van der Waals surface area contributed by atoms with E-state index >= 15 is 0 Å². The van der Waals surface area contributed by atoms with Crippen LogP contribution in [0.4, 0.5) is 0 Å². The smallest absolute Gasteiger partial charge is 0.229 e. The second-order valence-electron chi connectivity index (χ2n) is 14.3. The molecule has 2 aliphatic heterocycles. The van der Waals surface area contributed by atoms with Gasteiger partial charge < -0.3 is 89.1 Å². The third-order valence-electron chi connectivity index (χ3n) is 10.2. The number of phenols is 4. The van der Waals surface area contributed by atoms with Gasteiger partial charge in [0.2, 0.25) is 23.4 Å². The second-order valence-corrected chi connectivity index (χ2v) is 14.3. The van der Waals surface area contributed by atoms with Gasteiger partial charge in [0.05, 0.1) is 24.3 Å². The van der Waals surface area contributed by atoms with Gasteiger partial charge in [-0.1, -0.05) is 24.3 Å². The van der Waals surface area contributed by atoms with Crippen LogP contribution in [0.1, 0.15) is 0 Å². The van der Waals surface area contributed by atoms with Crippen LogP contribution >= 0.6 is 0 Å². The summed E-state index contributed by atoms with van der Waals surface area (Å²) in [7, 11) is 0. The molecule has 10 atom stereocenters. The number of phenolic OH excluding ortho intramolecular Hbond substituents is 4. The van der Waals surface area contributed by atoms with E-state index in [1.165, 1.54) is 73.2 Å². The van der Waals surface area contributed by atoms with Crippen LogP contribution in [-0.2, 0) is 9.47 Å². The first-order valence-corrected chi connectivity index (χ1v) is 18.7. The molecule has 4 heterocycles. The van der Waals surface area contributed by atoms with E-state index in [1.54, 1.807) is 0 Å². The lowest BCUT2D eigenvalue weighted by atomic mass is 9.99. The number of hydrogen-bond donors (Lipinski definition) is 12. The average molecular weight is 865 g/mol. The fourth-order valence-corrected chi connectivity index (χ4v) is 6.83. The summed E-state index contributed by atoms with van der Waals surface area (Å²) >= 11 is 0. The zero-order valence-corrected chi connectivity index (χ0v) is 31.9. The number of hydrogen-bond acceptors (Lipinski definition) is 20. The van der Waals surface area contributed by atoms with Crippen molar-refractivity contribution in [3.63, 3.8) is 0 Å².